The van der Waals surface area contributed by atoms with Crippen molar-refractivity contribution in [2.45, 2.75) is 13.0 Å². The number of aromatic nitrogens is 2. The van der Waals surface area contributed by atoms with Crippen LogP contribution in [-0.4, -0.2) is 15.7 Å². The zero-order valence-electron chi connectivity index (χ0n) is 10.0. The number of benzene rings is 1. The van der Waals surface area contributed by atoms with E-state index in [1.807, 2.05) is 12.3 Å². The van der Waals surface area contributed by atoms with Gasteiger partial charge >= 0.3 is 0 Å². The second kappa shape index (κ2) is 6.33. The van der Waals surface area contributed by atoms with Crippen LogP contribution in [0.25, 0.3) is 0 Å². The van der Waals surface area contributed by atoms with Crippen molar-refractivity contribution >= 4 is 34.2 Å². The first-order chi connectivity index (χ1) is 9.17. The molecule has 2 rings (SSSR count). The zero-order chi connectivity index (χ0) is 13.7. The minimum atomic E-state index is -0.0739. The molecule has 1 N–H and O–H groups in total. The van der Waals surface area contributed by atoms with E-state index < -0.39 is 0 Å². The van der Waals surface area contributed by atoms with Gasteiger partial charge < -0.3 is 5.32 Å². The van der Waals surface area contributed by atoms with E-state index in [0.717, 1.165) is 3.57 Å². The standard InChI is InChI=1S/C13H11IN4O/c14-11-8-16-18(9-11)6-5-13(19)17-12-3-1-10(7-15)2-4-12/h1-4,8-9H,5-6H2,(H,17,19). The first-order valence-corrected chi connectivity index (χ1v) is 6.73. The van der Waals surface area contributed by atoms with E-state index in [4.69, 9.17) is 5.26 Å². The highest BCUT2D eigenvalue weighted by Crippen LogP contribution is 2.09. The molecule has 0 spiro atoms. The number of nitrogens with one attached hydrogen (secondary N) is 1. The number of nitriles is 1. The second-order valence-corrected chi connectivity index (χ2v) is 5.15. The molecule has 0 unspecified atom stereocenters. The molecule has 0 aliphatic rings. The Kier molecular flexibility index (Phi) is 4.52. The monoisotopic (exact) mass is 366 g/mol. The number of amides is 1. The van der Waals surface area contributed by atoms with Crippen molar-refractivity contribution in [3.63, 3.8) is 0 Å². The summed E-state index contributed by atoms with van der Waals surface area (Å²) in [6, 6.07) is 8.81. The largest absolute Gasteiger partial charge is 0.326 e. The maximum atomic E-state index is 11.7. The molecule has 0 bridgehead atoms. The molecule has 96 valence electrons. The summed E-state index contributed by atoms with van der Waals surface area (Å²) in [5.74, 6) is -0.0739. The van der Waals surface area contributed by atoms with Crippen LogP contribution in [0.5, 0.6) is 0 Å². The lowest BCUT2D eigenvalue weighted by molar-refractivity contribution is -0.116. The predicted molar refractivity (Wildman–Crippen MR) is 79.3 cm³/mol. The van der Waals surface area contributed by atoms with Gasteiger partial charge in [0, 0.05) is 24.8 Å². The molecule has 1 heterocycles. The molecule has 1 amide bonds. The van der Waals surface area contributed by atoms with E-state index in [-0.39, 0.29) is 5.91 Å². The molecular formula is C13H11IN4O. The molecule has 0 saturated heterocycles. The smallest absolute Gasteiger partial charge is 0.226 e. The third kappa shape index (κ3) is 4.06. The van der Waals surface area contributed by atoms with E-state index in [2.05, 4.69) is 33.0 Å². The average Bonchev–Trinajstić information content (AvgIpc) is 2.83. The van der Waals surface area contributed by atoms with Crippen molar-refractivity contribution < 1.29 is 4.79 Å². The Hall–Kier alpha value is -1.88. The second-order valence-electron chi connectivity index (χ2n) is 3.91. The first kappa shape index (κ1) is 13.5. The summed E-state index contributed by atoms with van der Waals surface area (Å²) >= 11 is 2.17. The highest BCUT2D eigenvalue weighted by atomic mass is 127. The molecule has 0 aliphatic carbocycles. The number of rotatable bonds is 4. The van der Waals surface area contributed by atoms with Crippen LogP contribution in [0.4, 0.5) is 5.69 Å². The third-order valence-electron chi connectivity index (χ3n) is 2.47. The summed E-state index contributed by atoms with van der Waals surface area (Å²) in [4.78, 5) is 11.7. The van der Waals surface area contributed by atoms with Crippen molar-refractivity contribution in [1.29, 1.82) is 5.26 Å². The maximum absolute atomic E-state index is 11.7. The predicted octanol–water partition coefficient (Wildman–Crippen LogP) is 2.39. The lowest BCUT2D eigenvalue weighted by Crippen LogP contribution is -2.14. The van der Waals surface area contributed by atoms with Crippen LogP contribution in [0.1, 0.15) is 12.0 Å². The molecule has 2 aromatic rings. The summed E-state index contributed by atoms with van der Waals surface area (Å²) < 4.78 is 2.78. The van der Waals surface area contributed by atoms with Gasteiger partial charge in [-0.15, -0.1) is 0 Å². The van der Waals surface area contributed by atoms with E-state index in [1.165, 1.54) is 0 Å². The summed E-state index contributed by atoms with van der Waals surface area (Å²) in [6.45, 7) is 0.547. The van der Waals surface area contributed by atoms with E-state index in [1.54, 1.807) is 35.1 Å². The SMILES string of the molecule is N#Cc1ccc(NC(=O)CCn2cc(I)cn2)cc1. The number of carbonyl (C=O) groups excluding carboxylic acids is 1. The van der Waals surface area contributed by atoms with Crippen LogP contribution >= 0.6 is 22.6 Å². The fourth-order valence-corrected chi connectivity index (χ4v) is 1.97. The molecule has 5 nitrogen and oxygen atoms in total. The molecule has 1 aromatic carbocycles. The van der Waals surface area contributed by atoms with Crippen molar-refractivity contribution in [1.82, 2.24) is 9.78 Å². The number of carbonyl (C=O) groups is 1. The van der Waals surface area contributed by atoms with Gasteiger partial charge in [0.05, 0.1) is 21.4 Å². The Bertz CT molecular complexity index is 612. The molecule has 0 atom stereocenters. The molecule has 1 aromatic heterocycles. The quantitative estimate of drug-likeness (QED) is 0.845. The Morgan fingerprint density at radius 3 is 2.74 bits per heavy atom. The van der Waals surface area contributed by atoms with Crippen LogP contribution in [0.15, 0.2) is 36.7 Å². The highest BCUT2D eigenvalue weighted by molar-refractivity contribution is 14.1. The number of hydrogen-bond donors (Lipinski definition) is 1. The van der Waals surface area contributed by atoms with Crippen LogP contribution in [0.3, 0.4) is 0 Å². The Balaban J connectivity index is 1.85. The summed E-state index contributed by atoms with van der Waals surface area (Å²) in [5.41, 5.74) is 1.27. The van der Waals surface area contributed by atoms with Crippen molar-refractivity contribution in [2.75, 3.05) is 5.32 Å². The Morgan fingerprint density at radius 1 is 1.42 bits per heavy atom. The van der Waals surface area contributed by atoms with Gasteiger partial charge in [0.15, 0.2) is 0 Å². The number of nitrogens with zero attached hydrogens (tertiary/aromatic N) is 3. The molecule has 0 aliphatic heterocycles. The van der Waals surface area contributed by atoms with Gasteiger partial charge in [-0.1, -0.05) is 0 Å². The Labute approximate surface area is 124 Å². The van der Waals surface area contributed by atoms with Gasteiger partial charge in [0.2, 0.25) is 5.91 Å². The van der Waals surface area contributed by atoms with Crippen LogP contribution in [0.2, 0.25) is 0 Å². The number of halogens is 1. The first-order valence-electron chi connectivity index (χ1n) is 5.65. The van der Waals surface area contributed by atoms with Crippen molar-refractivity contribution in [2.24, 2.45) is 0 Å². The topological polar surface area (TPSA) is 70.7 Å². The van der Waals surface area contributed by atoms with Gasteiger partial charge in [0.1, 0.15) is 0 Å². The van der Waals surface area contributed by atoms with Gasteiger partial charge in [-0.2, -0.15) is 10.4 Å². The minimum absolute atomic E-state index is 0.0739. The average molecular weight is 366 g/mol. The van der Waals surface area contributed by atoms with Crippen molar-refractivity contribution in [3.05, 3.63) is 45.8 Å². The molecule has 0 saturated carbocycles. The lowest BCUT2D eigenvalue weighted by Gasteiger charge is -2.05. The van der Waals surface area contributed by atoms with E-state index in [0.29, 0.717) is 24.2 Å². The van der Waals surface area contributed by atoms with Crippen LogP contribution in [0, 0.1) is 14.9 Å². The minimum Gasteiger partial charge on any atom is -0.326 e. The van der Waals surface area contributed by atoms with E-state index in [9.17, 15) is 4.79 Å². The summed E-state index contributed by atoms with van der Waals surface area (Å²) in [6.07, 6.45) is 3.99. The molecule has 6 heteroatoms. The summed E-state index contributed by atoms with van der Waals surface area (Å²) in [5, 5.41) is 15.6. The summed E-state index contributed by atoms with van der Waals surface area (Å²) in [7, 11) is 0. The molecule has 0 radical (unpaired) electrons. The number of hydrogen-bond acceptors (Lipinski definition) is 3. The maximum Gasteiger partial charge on any atom is 0.226 e. The molecular weight excluding hydrogens is 355 g/mol. The van der Waals surface area contributed by atoms with Gasteiger partial charge in [-0.3, -0.25) is 9.48 Å². The number of aryl methyl sites for hydroxylation is 1. The Morgan fingerprint density at radius 2 is 2.16 bits per heavy atom. The van der Waals surface area contributed by atoms with Crippen molar-refractivity contribution in [3.8, 4) is 6.07 Å². The van der Waals surface area contributed by atoms with Gasteiger partial charge in [0.25, 0.3) is 0 Å². The zero-order valence-corrected chi connectivity index (χ0v) is 12.2. The molecule has 19 heavy (non-hydrogen) atoms. The van der Waals surface area contributed by atoms with Crippen LogP contribution < -0.4 is 5.32 Å². The van der Waals surface area contributed by atoms with Gasteiger partial charge in [-0.05, 0) is 46.9 Å². The van der Waals surface area contributed by atoms with E-state index >= 15 is 0 Å². The highest BCUT2D eigenvalue weighted by Gasteiger charge is 2.03. The van der Waals surface area contributed by atoms with Crippen LogP contribution in [-0.2, 0) is 11.3 Å². The normalized spacial score (nSPS) is 9.89. The number of anilines is 1. The lowest BCUT2D eigenvalue weighted by atomic mass is 10.2. The fourth-order valence-electron chi connectivity index (χ4n) is 1.53. The molecule has 0 fully saturated rings. The third-order valence-corrected chi connectivity index (χ3v) is 3.02. The fraction of sp³-hybridized carbons (Fsp3) is 0.154. The van der Waals surface area contributed by atoms with Gasteiger partial charge in [-0.25, -0.2) is 0 Å².